The second-order valence-electron chi connectivity index (χ2n) is 9.26. The fourth-order valence-electron chi connectivity index (χ4n) is 4.72. The highest BCUT2D eigenvalue weighted by molar-refractivity contribution is 5.98. The smallest absolute Gasteiger partial charge is 0.247 e. The molecule has 0 atom stereocenters. The summed E-state index contributed by atoms with van der Waals surface area (Å²) < 4.78 is 11.8. The molecule has 2 aromatic carbocycles. The van der Waals surface area contributed by atoms with Gasteiger partial charge in [-0.3, -0.25) is 4.79 Å². The predicted octanol–water partition coefficient (Wildman–Crippen LogP) is 6.27. The van der Waals surface area contributed by atoms with E-state index in [9.17, 15) is 4.79 Å². The van der Waals surface area contributed by atoms with Crippen molar-refractivity contribution in [2.45, 2.75) is 72.4 Å². The monoisotopic (exact) mass is 450 g/mol. The molecule has 0 saturated heterocycles. The lowest BCUT2D eigenvalue weighted by atomic mass is 9.91. The average Bonchev–Trinajstić information content (AvgIpc) is 3.29. The summed E-state index contributed by atoms with van der Waals surface area (Å²) in [6.07, 6.45) is 6.43. The minimum absolute atomic E-state index is 0.0164. The average molecular weight is 451 g/mol. The number of methoxy groups -OCH3 is 2. The van der Waals surface area contributed by atoms with Crippen LogP contribution in [-0.4, -0.2) is 32.2 Å². The van der Waals surface area contributed by atoms with Gasteiger partial charge >= 0.3 is 0 Å². The Labute approximate surface area is 198 Å². The number of hydrogen-bond acceptors (Lipinski definition) is 4. The first-order valence-electron chi connectivity index (χ1n) is 11.9. The second kappa shape index (κ2) is 10.8. The molecule has 3 rings (SSSR count). The molecule has 2 N–H and O–H groups in total. The third-order valence-electron chi connectivity index (χ3n) is 6.38. The first-order valence-corrected chi connectivity index (χ1v) is 11.9. The zero-order chi connectivity index (χ0) is 24.1. The van der Waals surface area contributed by atoms with Gasteiger partial charge in [0.05, 0.1) is 14.2 Å². The Morgan fingerprint density at radius 1 is 1.00 bits per heavy atom. The van der Waals surface area contributed by atoms with Gasteiger partial charge in [-0.05, 0) is 71.2 Å². The maximum Gasteiger partial charge on any atom is 0.247 e. The molecule has 0 radical (unpaired) electrons. The summed E-state index contributed by atoms with van der Waals surface area (Å²) in [4.78, 5) is 12.8. The van der Waals surface area contributed by atoms with Crippen molar-refractivity contribution >= 4 is 17.7 Å². The lowest BCUT2D eigenvalue weighted by Gasteiger charge is -2.22. The number of carbonyl (C=O) groups excluding carboxylic acids is 1. The van der Waals surface area contributed by atoms with Crippen LogP contribution in [0.4, 0.5) is 5.69 Å². The van der Waals surface area contributed by atoms with E-state index in [2.05, 4.69) is 48.7 Å². The number of carbonyl (C=O) groups is 1. The molecule has 178 valence electrons. The Kier molecular flexibility index (Phi) is 8.06. The summed E-state index contributed by atoms with van der Waals surface area (Å²) >= 11 is 0. The molecule has 5 heteroatoms. The molecule has 1 saturated carbocycles. The van der Waals surface area contributed by atoms with E-state index >= 15 is 0 Å². The highest BCUT2D eigenvalue weighted by Gasteiger charge is 2.23. The molecule has 0 aromatic heterocycles. The van der Waals surface area contributed by atoms with E-state index in [1.807, 2.05) is 26.8 Å². The van der Waals surface area contributed by atoms with Crippen LogP contribution in [0.1, 0.15) is 63.1 Å². The van der Waals surface area contributed by atoms with Crippen molar-refractivity contribution in [3.8, 4) is 22.6 Å². The number of rotatable bonds is 8. The molecule has 1 amide bonds. The minimum atomic E-state index is -0.0164. The third-order valence-corrected chi connectivity index (χ3v) is 6.38. The minimum Gasteiger partial charge on any atom is -0.496 e. The van der Waals surface area contributed by atoms with Gasteiger partial charge in [0.15, 0.2) is 0 Å². The van der Waals surface area contributed by atoms with Crippen molar-refractivity contribution in [1.82, 2.24) is 5.32 Å². The summed E-state index contributed by atoms with van der Waals surface area (Å²) in [5, 5.41) is 6.60. The van der Waals surface area contributed by atoms with Crippen LogP contribution < -0.4 is 20.1 Å². The molecule has 0 unspecified atom stereocenters. The largest absolute Gasteiger partial charge is 0.496 e. The van der Waals surface area contributed by atoms with E-state index in [0.717, 1.165) is 57.8 Å². The van der Waals surface area contributed by atoms with Gasteiger partial charge in [-0.15, -0.1) is 0 Å². The third kappa shape index (κ3) is 5.52. The Bertz CT molecular complexity index is 1020. The van der Waals surface area contributed by atoms with Crippen LogP contribution in [0.5, 0.6) is 11.5 Å². The van der Waals surface area contributed by atoms with Gasteiger partial charge < -0.3 is 20.1 Å². The SMILES string of the molecule is COc1c(C)c(-c2ccc(NC(C)C)cc2)c(OC)c(C)c1/C=C(\C)C(=O)NC1CCCC1. The van der Waals surface area contributed by atoms with Gasteiger partial charge in [-0.2, -0.15) is 0 Å². The van der Waals surface area contributed by atoms with Crippen molar-refractivity contribution in [3.63, 3.8) is 0 Å². The first-order chi connectivity index (χ1) is 15.8. The van der Waals surface area contributed by atoms with Gasteiger partial charge in [-0.1, -0.05) is 25.0 Å². The zero-order valence-electron chi connectivity index (χ0n) is 21.1. The molecule has 1 aliphatic carbocycles. The summed E-state index contributed by atoms with van der Waals surface area (Å²) in [5.74, 6) is 1.55. The van der Waals surface area contributed by atoms with Gasteiger partial charge in [0, 0.05) is 45.6 Å². The number of benzene rings is 2. The normalized spacial score (nSPS) is 14.5. The molecule has 0 spiro atoms. The number of ether oxygens (including phenoxy) is 2. The molecule has 33 heavy (non-hydrogen) atoms. The highest BCUT2D eigenvalue weighted by Crippen LogP contribution is 2.44. The van der Waals surface area contributed by atoms with E-state index in [-0.39, 0.29) is 11.9 Å². The second-order valence-corrected chi connectivity index (χ2v) is 9.26. The van der Waals surface area contributed by atoms with Crippen LogP contribution in [0, 0.1) is 13.8 Å². The van der Waals surface area contributed by atoms with Crippen LogP contribution in [0.2, 0.25) is 0 Å². The fourth-order valence-corrected chi connectivity index (χ4v) is 4.72. The van der Waals surface area contributed by atoms with E-state index in [0.29, 0.717) is 11.6 Å². The van der Waals surface area contributed by atoms with Crippen LogP contribution in [-0.2, 0) is 4.79 Å². The van der Waals surface area contributed by atoms with Crippen LogP contribution in [0.15, 0.2) is 29.8 Å². The van der Waals surface area contributed by atoms with E-state index in [4.69, 9.17) is 9.47 Å². The molecule has 0 aliphatic heterocycles. The summed E-state index contributed by atoms with van der Waals surface area (Å²) in [7, 11) is 3.37. The van der Waals surface area contributed by atoms with E-state index in [1.54, 1.807) is 14.2 Å². The molecular formula is C28H38N2O3. The quantitative estimate of drug-likeness (QED) is 0.465. The van der Waals surface area contributed by atoms with Crippen LogP contribution in [0.25, 0.3) is 17.2 Å². The lowest BCUT2D eigenvalue weighted by Crippen LogP contribution is -2.33. The molecule has 2 aromatic rings. The van der Waals surface area contributed by atoms with Crippen LogP contribution in [0.3, 0.4) is 0 Å². The Balaban J connectivity index is 2.03. The summed E-state index contributed by atoms with van der Waals surface area (Å²) in [5.41, 5.74) is 6.64. The van der Waals surface area contributed by atoms with Gasteiger partial charge in [0.2, 0.25) is 5.91 Å². The molecular weight excluding hydrogens is 412 g/mol. The molecule has 1 aliphatic rings. The molecule has 1 fully saturated rings. The Hall–Kier alpha value is -2.95. The molecule has 0 heterocycles. The molecule has 0 bridgehead atoms. The predicted molar refractivity (Wildman–Crippen MR) is 137 cm³/mol. The van der Waals surface area contributed by atoms with Crippen molar-refractivity contribution in [2.24, 2.45) is 0 Å². The maximum absolute atomic E-state index is 12.8. The highest BCUT2D eigenvalue weighted by atomic mass is 16.5. The maximum atomic E-state index is 12.8. The van der Waals surface area contributed by atoms with Crippen LogP contribution >= 0.6 is 0 Å². The van der Waals surface area contributed by atoms with Gasteiger partial charge in [0.1, 0.15) is 11.5 Å². The van der Waals surface area contributed by atoms with Crippen molar-refractivity contribution in [1.29, 1.82) is 0 Å². The lowest BCUT2D eigenvalue weighted by molar-refractivity contribution is -0.118. The Morgan fingerprint density at radius 3 is 2.15 bits per heavy atom. The van der Waals surface area contributed by atoms with E-state index < -0.39 is 0 Å². The summed E-state index contributed by atoms with van der Waals surface area (Å²) in [6, 6.07) is 9.03. The van der Waals surface area contributed by atoms with Crippen molar-refractivity contribution in [2.75, 3.05) is 19.5 Å². The van der Waals surface area contributed by atoms with Crippen molar-refractivity contribution in [3.05, 3.63) is 46.5 Å². The molecule has 5 nitrogen and oxygen atoms in total. The number of amides is 1. The Morgan fingerprint density at radius 2 is 1.61 bits per heavy atom. The summed E-state index contributed by atoms with van der Waals surface area (Å²) in [6.45, 7) is 10.2. The number of nitrogens with one attached hydrogen (secondary N) is 2. The number of anilines is 1. The number of hydrogen-bond donors (Lipinski definition) is 2. The van der Waals surface area contributed by atoms with Crippen molar-refractivity contribution < 1.29 is 14.3 Å². The topological polar surface area (TPSA) is 59.6 Å². The zero-order valence-corrected chi connectivity index (χ0v) is 21.1. The van der Waals surface area contributed by atoms with Gasteiger partial charge in [0.25, 0.3) is 0 Å². The standard InChI is InChI=1S/C28H38N2O3/c1-17(2)29-23-14-12-21(13-15-23)25-20(5)26(32-6)24(19(4)27(25)33-7)16-18(3)28(31)30-22-10-8-9-11-22/h12-17,22,29H,8-11H2,1-7H3,(H,30,31)/b18-16+. The van der Waals surface area contributed by atoms with E-state index in [1.165, 1.54) is 12.8 Å². The van der Waals surface area contributed by atoms with Gasteiger partial charge in [-0.25, -0.2) is 0 Å². The fraction of sp³-hybridized carbons (Fsp3) is 0.464. The first kappa shape index (κ1) is 24.7.